The Morgan fingerprint density at radius 3 is 2.78 bits per heavy atom. The number of aryl methyl sites for hydroxylation is 1. The molecule has 0 atom stereocenters. The number of fused-ring (bicyclic) bond motifs is 1. The summed E-state index contributed by atoms with van der Waals surface area (Å²) in [5, 5.41) is 5.18. The highest BCUT2D eigenvalue weighted by molar-refractivity contribution is 5.87. The van der Waals surface area contributed by atoms with Gasteiger partial charge in [-0.2, -0.15) is 5.10 Å². The van der Waals surface area contributed by atoms with Crippen molar-refractivity contribution in [2.45, 2.75) is 20.4 Å². The Labute approximate surface area is 134 Å². The maximum absolute atomic E-state index is 12.2. The Morgan fingerprint density at radius 1 is 1.30 bits per heavy atom. The fourth-order valence-electron chi connectivity index (χ4n) is 2.53. The van der Waals surface area contributed by atoms with E-state index in [1.165, 1.54) is 6.33 Å². The van der Waals surface area contributed by atoms with Crippen LogP contribution in [0.25, 0.3) is 22.4 Å². The molecule has 1 aromatic carbocycles. The van der Waals surface area contributed by atoms with E-state index in [4.69, 9.17) is 4.74 Å². The van der Waals surface area contributed by atoms with E-state index in [9.17, 15) is 4.79 Å². The summed E-state index contributed by atoms with van der Waals surface area (Å²) < 4.78 is 8.96. The lowest BCUT2D eigenvalue weighted by atomic mass is 10.2. The van der Waals surface area contributed by atoms with Crippen molar-refractivity contribution in [2.24, 2.45) is 13.0 Å². The lowest BCUT2D eigenvalue weighted by molar-refractivity contribution is -0.145. The summed E-state index contributed by atoms with van der Waals surface area (Å²) in [7, 11) is 1.83. The van der Waals surface area contributed by atoms with Crippen LogP contribution in [0.15, 0.2) is 36.7 Å². The monoisotopic (exact) mass is 312 g/mol. The van der Waals surface area contributed by atoms with Crippen LogP contribution >= 0.6 is 0 Å². The van der Waals surface area contributed by atoms with Gasteiger partial charge in [-0.15, -0.1) is 0 Å². The molecule has 0 aliphatic rings. The van der Waals surface area contributed by atoms with Crippen LogP contribution in [0.3, 0.4) is 0 Å². The van der Waals surface area contributed by atoms with Crippen LogP contribution in [0.4, 0.5) is 0 Å². The summed E-state index contributed by atoms with van der Waals surface area (Å²) in [5.74, 6) is 0.792. The Bertz CT molecular complexity index is 832. The number of esters is 1. The molecule has 0 aliphatic carbocycles. The van der Waals surface area contributed by atoms with Crippen LogP contribution < -0.4 is 0 Å². The summed E-state index contributed by atoms with van der Waals surface area (Å²) in [6, 6.07) is 9.97. The summed E-state index contributed by atoms with van der Waals surface area (Å²) in [6.07, 6.45) is 1.51. The Balaban J connectivity index is 2.00. The highest BCUT2D eigenvalue weighted by Gasteiger charge is 2.17. The number of carbonyl (C=O) groups excluding carboxylic acids is 1. The topological polar surface area (TPSA) is 61.9 Å². The molecule has 0 spiro atoms. The summed E-state index contributed by atoms with van der Waals surface area (Å²) in [4.78, 5) is 16.5. The average molecular weight is 312 g/mol. The second kappa shape index (κ2) is 6.24. The summed E-state index contributed by atoms with van der Waals surface area (Å²) in [6.45, 7) is 4.62. The number of nitrogens with zero attached hydrogens (tertiary/aromatic N) is 4. The number of hydrogen-bond acceptors (Lipinski definition) is 4. The third-order valence-corrected chi connectivity index (χ3v) is 3.62. The zero-order chi connectivity index (χ0) is 16.4. The average Bonchev–Trinajstić information content (AvgIpc) is 3.09. The zero-order valence-electron chi connectivity index (χ0n) is 13.6. The van der Waals surface area contributed by atoms with Crippen LogP contribution in [0, 0.1) is 5.92 Å². The molecule has 0 N–H and O–H groups in total. The van der Waals surface area contributed by atoms with Gasteiger partial charge in [-0.1, -0.05) is 32.0 Å². The molecular formula is C17H20N4O2. The predicted molar refractivity (Wildman–Crippen MR) is 87.7 cm³/mol. The number of aromatic nitrogens is 4. The lowest BCUT2D eigenvalue weighted by Gasteiger charge is -2.11. The smallest absolute Gasteiger partial charge is 0.325 e. The van der Waals surface area contributed by atoms with Gasteiger partial charge in [0.05, 0.1) is 12.3 Å². The van der Waals surface area contributed by atoms with E-state index in [2.05, 4.69) is 10.1 Å². The van der Waals surface area contributed by atoms with E-state index in [-0.39, 0.29) is 12.5 Å². The van der Waals surface area contributed by atoms with E-state index >= 15 is 0 Å². The highest BCUT2D eigenvalue weighted by atomic mass is 16.5. The van der Waals surface area contributed by atoms with Gasteiger partial charge in [0.25, 0.3) is 0 Å². The third kappa shape index (κ3) is 3.11. The normalized spacial score (nSPS) is 11.3. The standard InChI is InChI=1S/C17H20N4O2/c1-12(2)10-23-16(22)9-21-14-7-5-4-6-13(14)8-15(21)17-18-11-19-20(17)3/h4-8,11-12H,9-10H2,1-3H3. The highest BCUT2D eigenvalue weighted by Crippen LogP contribution is 2.26. The van der Waals surface area contributed by atoms with E-state index in [1.54, 1.807) is 4.68 Å². The minimum atomic E-state index is -0.247. The van der Waals surface area contributed by atoms with Crippen LogP contribution in [0.1, 0.15) is 13.8 Å². The second-order valence-corrected chi connectivity index (χ2v) is 5.96. The molecule has 3 rings (SSSR count). The third-order valence-electron chi connectivity index (χ3n) is 3.62. The molecule has 0 unspecified atom stereocenters. The molecular weight excluding hydrogens is 292 g/mol. The Morgan fingerprint density at radius 2 is 2.09 bits per heavy atom. The van der Waals surface area contributed by atoms with Gasteiger partial charge in [0, 0.05) is 18.0 Å². The van der Waals surface area contributed by atoms with Crippen molar-refractivity contribution in [1.29, 1.82) is 0 Å². The van der Waals surface area contributed by atoms with Crippen LogP contribution in [-0.2, 0) is 23.1 Å². The molecule has 0 saturated heterocycles. The fraction of sp³-hybridized carbons (Fsp3) is 0.353. The number of benzene rings is 1. The van der Waals surface area contributed by atoms with E-state index < -0.39 is 0 Å². The van der Waals surface area contributed by atoms with Gasteiger partial charge in [0.15, 0.2) is 5.82 Å². The maximum Gasteiger partial charge on any atom is 0.325 e. The fourth-order valence-corrected chi connectivity index (χ4v) is 2.53. The van der Waals surface area contributed by atoms with Gasteiger partial charge < -0.3 is 9.30 Å². The van der Waals surface area contributed by atoms with E-state index in [0.717, 1.165) is 22.4 Å². The maximum atomic E-state index is 12.2. The minimum Gasteiger partial charge on any atom is -0.464 e. The molecule has 2 aromatic heterocycles. The molecule has 0 amide bonds. The van der Waals surface area contributed by atoms with Crippen molar-refractivity contribution in [3.8, 4) is 11.5 Å². The first-order chi connectivity index (χ1) is 11.1. The van der Waals surface area contributed by atoms with Gasteiger partial charge in [0.1, 0.15) is 12.9 Å². The molecule has 0 saturated carbocycles. The van der Waals surface area contributed by atoms with Crippen molar-refractivity contribution < 1.29 is 9.53 Å². The molecule has 23 heavy (non-hydrogen) atoms. The van der Waals surface area contributed by atoms with Gasteiger partial charge in [-0.3, -0.25) is 4.79 Å². The molecule has 6 nitrogen and oxygen atoms in total. The molecule has 0 bridgehead atoms. The molecule has 120 valence electrons. The molecule has 0 aliphatic heterocycles. The van der Waals surface area contributed by atoms with Crippen molar-refractivity contribution in [1.82, 2.24) is 19.3 Å². The quantitative estimate of drug-likeness (QED) is 0.680. The number of carbonyl (C=O) groups is 1. The Kier molecular flexibility index (Phi) is 4.14. The molecule has 3 aromatic rings. The Hall–Kier alpha value is -2.63. The molecule has 0 fully saturated rings. The van der Waals surface area contributed by atoms with Crippen molar-refractivity contribution in [3.05, 3.63) is 36.7 Å². The molecule has 2 heterocycles. The summed E-state index contributed by atoms with van der Waals surface area (Å²) in [5.41, 5.74) is 1.83. The van der Waals surface area contributed by atoms with Gasteiger partial charge in [0.2, 0.25) is 0 Å². The SMILES string of the molecule is CC(C)COC(=O)Cn1c(-c2ncnn2C)cc2ccccc21. The van der Waals surface area contributed by atoms with Crippen LogP contribution in [0.5, 0.6) is 0 Å². The number of rotatable bonds is 5. The summed E-state index contributed by atoms with van der Waals surface area (Å²) >= 11 is 0. The van der Waals surface area contributed by atoms with Crippen molar-refractivity contribution >= 4 is 16.9 Å². The number of ether oxygens (including phenoxy) is 1. The van der Waals surface area contributed by atoms with Gasteiger partial charge in [-0.05, 0) is 18.1 Å². The zero-order valence-corrected chi connectivity index (χ0v) is 13.6. The predicted octanol–water partition coefficient (Wildman–Crippen LogP) is 2.64. The second-order valence-electron chi connectivity index (χ2n) is 5.96. The van der Waals surface area contributed by atoms with Crippen LogP contribution in [-0.4, -0.2) is 31.9 Å². The van der Waals surface area contributed by atoms with E-state index in [1.807, 2.05) is 55.8 Å². The van der Waals surface area contributed by atoms with Crippen molar-refractivity contribution in [3.63, 3.8) is 0 Å². The first-order valence-electron chi connectivity index (χ1n) is 7.64. The molecule has 6 heteroatoms. The van der Waals surface area contributed by atoms with Gasteiger partial charge >= 0.3 is 5.97 Å². The number of para-hydroxylation sites is 1. The lowest BCUT2D eigenvalue weighted by Crippen LogP contribution is -2.17. The first kappa shape index (κ1) is 15.3. The van der Waals surface area contributed by atoms with Gasteiger partial charge in [-0.25, -0.2) is 9.67 Å². The largest absolute Gasteiger partial charge is 0.464 e. The molecule has 0 radical (unpaired) electrons. The van der Waals surface area contributed by atoms with Crippen LogP contribution in [0.2, 0.25) is 0 Å². The number of hydrogen-bond donors (Lipinski definition) is 0. The van der Waals surface area contributed by atoms with Crippen molar-refractivity contribution in [2.75, 3.05) is 6.61 Å². The van der Waals surface area contributed by atoms with E-state index in [0.29, 0.717) is 12.5 Å². The first-order valence-corrected chi connectivity index (χ1v) is 7.64. The minimum absolute atomic E-state index is 0.155.